The number of fused-ring (bicyclic) bond motifs is 1. The van der Waals surface area contributed by atoms with Gasteiger partial charge in [-0.25, -0.2) is 0 Å². The largest absolute Gasteiger partial charge is 0.383 e. The van der Waals surface area contributed by atoms with E-state index >= 15 is 0 Å². The molecule has 1 aromatic heterocycles. The van der Waals surface area contributed by atoms with Gasteiger partial charge in [-0.1, -0.05) is 11.6 Å². The maximum Gasteiger partial charge on any atom is 0.0948 e. The Hall–Kier alpha value is -1.32. The molecule has 2 aromatic rings. The summed E-state index contributed by atoms with van der Waals surface area (Å²) in [4.78, 5) is 4.38. The molecule has 0 unspecified atom stereocenters. The normalized spacial score (nSPS) is 10.8. The summed E-state index contributed by atoms with van der Waals surface area (Å²) in [6.45, 7) is 4.42. The van der Waals surface area contributed by atoms with Crippen LogP contribution >= 0.6 is 11.6 Å². The minimum Gasteiger partial charge on any atom is -0.383 e. The van der Waals surface area contributed by atoms with Gasteiger partial charge in [-0.15, -0.1) is 0 Å². The van der Waals surface area contributed by atoms with Crippen LogP contribution in [-0.2, 0) is 4.74 Å². The third-order valence-corrected chi connectivity index (χ3v) is 3.03. The number of pyridine rings is 1. The number of rotatable bonds is 6. The molecule has 0 aliphatic heterocycles. The van der Waals surface area contributed by atoms with Gasteiger partial charge in [0.2, 0.25) is 0 Å². The predicted octanol–water partition coefficient (Wildman–Crippen LogP) is 3.73. The van der Waals surface area contributed by atoms with Gasteiger partial charge in [0, 0.05) is 31.3 Å². The third-order valence-electron chi connectivity index (χ3n) is 2.70. The Balaban J connectivity index is 2.07. The van der Waals surface area contributed by atoms with Crippen molar-refractivity contribution in [1.82, 2.24) is 4.98 Å². The average molecular weight is 265 g/mol. The van der Waals surface area contributed by atoms with Gasteiger partial charge in [-0.05, 0) is 37.6 Å². The van der Waals surface area contributed by atoms with Crippen molar-refractivity contribution in [3.63, 3.8) is 0 Å². The Labute approximate surface area is 112 Å². The monoisotopic (exact) mass is 264 g/mol. The van der Waals surface area contributed by atoms with Crippen molar-refractivity contribution in [3.8, 4) is 0 Å². The van der Waals surface area contributed by atoms with Crippen molar-refractivity contribution >= 4 is 28.2 Å². The van der Waals surface area contributed by atoms with Crippen LogP contribution in [0.4, 0.5) is 5.69 Å². The van der Waals surface area contributed by atoms with Crippen LogP contribution in [-0.4, -0.2) is 24.7 Å². The highest BCUT2D eigenvalue weighted by molar-refractivity contribution is 6.35. The Morgan fingerprint density at radius 2 is 2.22 bits per heavy atom. The third kappa shape index (κ3) is 3.12. The van der Waals surface area contributed by atoms with Crippen LogP contribution in [0.25, 0.3) is 10.9 Å². The molecule has 1 N–H and O–H groups in total. The Kier molecular flexibility index (Phi) is 4.79. The minimum absolute atomic E-state index is 0.734. The highest BCUT2D eigenvalue weighted by Crippen LogP contribution is 2.27. The number of aromatic nitrogens is 1. The first-order valence-corrected chi connectivity index (χ1v) is 6.55. The molecule has 96 valence electrons. The van der Waals surface area contributed by atoms with Crippen LogP contribution in [0, 0.1) is 0 Å². The van der Waals surface area contributed by atoms with Crippen molar-refractivity contribution in [2.75, 3.05) is 25.1 Å². The molecule has 3 nitrogen and oxygen atoms in total. The second-order valence-electron chi connectivity index (χ2n) is 3.97. The van der Waals surface area contributed by atoms with Gasteiger partial charge >= 0.3 is 0 Å². The lowest BCUT2D eigenvalue weighted by molar-refractivity contribution is 0.147. The van der Waals surface area contributed by atoms with Crippen LogP contribution < -0.4 is 5.32 Å². The molecule has 1 aromatic carbocycles. The Bertz CT molecular complexity index is 516. The molecule has 0 atom stereocenters. The van der Waals surface area contributed by atoms with E-state index in [1.807, 2.05) is 31.2 Å². The van der Waals surface area contributed by atoms with Crippen molar-refractivity contribution < 1.29 is 4.74 Å². The fraction of sp³-hybridized carbons (Fsp3) is 0.357. The summed E-state index contributed by atoms with van der Waals surface area (Å²) in [6.07, 6.45) is 2.76. The summed E-state index contributed by atoms with van der Waals surface area (Å²) in [7, 11) is 0. The van der Waals surface area contributed by atoms with Crippen molar-refractivity contribution in [2.24, 2.45) is 0 Å². The molecule has 4 heteroatoms. The average Bonchev–Trinajstić information content (AvgIpc) is 2.41. The van der Waals surface area contributed by atoms with E-state index in [0.29, 0.717) is 0 Å². The molecule has 0 saturated carbocycles. The standard InChI is InChI=1S/C14H17ClN2O/c1-2-18-10-4-9-16-13-7-6-12(15)11-5-3-8-17-14(11)13/h3,5-8,16H,2,4,9-10H2,1H3. The summed E-state index contributed by atoms with van der Waals surface area (Å²) >= 11 is 6.14. The van der Waals surface area contributed by atoms with Crippen molar-refractivity contribution in [1.29, 1.82) is 0 Å². The van der Waals surface area contributed by atoms with Crippen molar-refractivity contribution in [2.45, 2.75) is 13.3 Å². The fourth-order valence-corrected chi connectivity index (χ4v) is 2.04. The summed E-state index contributed by atoms with van der Waals surface area (Å²) < 4.78 is 5.30. The zero-order valence-corrected chi connectivity index (χ0v) is 11.2. The van der Waals surface area contributed by atoms with Crippen LogP contribution in [0.5, 0.6) is 0 Å². The van der Waals surface area contributed by atoms with Gasteiger partial charge in [-0.2, -0.15) is 0 Å². The summed E-state index contributed by atoms with van der Waals surface area (Å²) in [5, 5.41) is 5.09. The molecule has 0 saturated heterocycles. The molecule has 0 aliphatic rings. The van der Waals surface area contributed by atoms with E-state index in [1.54, 1.807) is 6.20 Å². The van der Waals surface area contributed by atoms with Gasteiger partial charge in [-0.3, -0.25) is 4.98 Å². The predicted molar refractivity (Wildman–Crippen MR) is 76.4 cm³/mol. The molecular formula is C14H17ClN2O. The molecule has 0 amide bonds. The van der Waals surface area contributed by atoms with Gasteiger partial charge in [0.1, 0.15) is 0 Å². The molecule has 1 heterocycles. The Morgan fingerprint density at radius 1 is 1.33 bits per heavy atom. The number of anilines is 1. The number of benzene rings is 1. The summed E-state index contributed by atoms with van der Waals surface area (Å²) in [6, 6.07) is 7.75. The maximum atomic E-state index is 6.14. The summed E-state index contributed by atoms with van der Waals surface area (Å²) in [5.41, 5.74) is 1.94. The van der Waals surface area contributed by atoms with Gasteiger partial charge in [0.25, 0.3) is 0 Å². The lowest BCUT2D eigenvalue weighted by atomic mass is 10.2. The topological polar surface area (TPSA) is 34.1 Å². The van der Waals surface area contributed by atoms with Crippen LogP contribution in [0.15, 0.2) is 30.5 Å². The van der Waals surface area contributed by atoms with Crippen molar-refractivity contribution in [3.05, 3.63) is 35.5 Å². The van der Waals surface area contributed by atoms with E-state index in [-0.39, 0.29) is 0 Å². The van der Waals surface area contributed by atoms with E-state index < -0.39 is 0 Å². The molecule has 0 radical (unpaired) electrons. The SMILES string of the molecule is CCOCCCNc1ccc(Cl)c2cccnc12. The highest BCUT2D eigenvalue weighted by Gasteiger charge is 2.04. The quantitative estimate of drug-likeness (QED) is 0.808. The van der Waals surface area contributed by atoms with Gasteiger partial charge < -0.3 is 10.1 Å². The Morgan fingerprint density at radius 3 is 3.06 bits per heavy atom. The number of nitrogens with zero attached hydrogens (tertiary/aromatic N) is 1. The molecule has 2 rings (SSSR count). The second-order valence-corrected chi connectivity index (χ2v) is 4.38. The van der Waals surface area contributed by atoms with Gasteiger partial charge in [0.05, 0.1) is 16.2 Å². The number of nitrogens with one attached hydrogen (secondary N) is 1. The molecular weight excluding hydrogens is 248 g/mol. The minimum atomic E-state index is 0.734. The smallest absolute Gasteiger partial charge is 0.0948 e. The van der Waals surface area contributed by atoms with Crippen LogP contribution in [0.2, 0.25) is 5.02 Å². The zero-order chi connectivity index (χ0) is 12.8. The molecule has 18 heavy (non-hydrogen) atoms. The molecule has 0 bridgehead atoms. The number of halogens is 1. The maximum absolute atomic E-state index is 6.14. The highest BCUT2D eigenvalue weighted by atomic mass is 35.5. The van der Waals surface area contributed by atoms with E-state index in [4.69, 9.17) is 16.3 Å². The van der Waals surface area contributed by atoms with E-state index in [9.17, 15) is 0 Å². The lowest BCUT2D eigenvalue weighted by Crippen LogP contribution is -2.06. The number of ether oxygens (including phenoxy) is 1. The summed E-state index contributed by atoms with van der Waals surface area (Å²) in [5.74, 6) is 0. The number of hydrogen-bond donors (Lipinski definition) is 1. The van der Waals surface area contributed by atoms with Crippen LogP contribution in [0.3, 0.4) is 0 Å². The second kappa shape index (κ2) is 6.57. The molecule has 0 spiro atoms. The lowest BCUT2D eigenvalue weighted by Gasteiger charge is -2.09. The zero-order valence-electron chi connectivity index (χ0n) is 10.4. The van der Waals surface area contributed by atoms with E-state index in [0.717, 1.165) is 47.8 Å². The first-order valence-electron chi connectivity index (χ1n) is 6.17. The van der Waals surface area contributed by atoms with E-state index in [2.05, 4.69) is 10.3 Å². The van der Waals surface area contributed by atoms with Crippen LogP contribution in [0.1, 0.15) is 13.3 Å². The molecule has 0 fully saturated rings. The first-order chi connectivity index (χ1) is 8.83. The number of hydrogen-bond acceptors (Lipinski definition) is 3. The van der Waals surface area contributed by atoms with Gasteiger partial charge in [0.15, 0.2) is 0 Å². The first kappa shape index (κ1) is 13.1. The fourth-order valence-electron chi connectivity index (χ4n) is 1.82. The molecule has 0 aliphatic carbocycles. The van der Waals surface area contributed by atoms with E-state index in [1.165, 1.54) is 0 Å².